The molecule has 1 saturated heterocycles. The first-order chi connectivity index (χ1) is 17.9. The maximum absolute atomic E-state index is 12.1. The number of nitrogens with zero attached hydrogens (tertiary/aromatic N) is 1. The van der Waals surface area contributed by atoms with Gasteiger partial charge in [-0.2, -0.15) is 4.57 Å². The number of ether oxygens (including phenoxy) is 2. The Morgan fingerprint density at radius 3 is 2.24 bits per heavy atom. The van der Waals surface area contributed by atoms with Crippen LogP contribution in [0.2, 0.25) is 0 Å². The van der Waals surface area contributed by atoms with Gasteiger partial charge in [0.05, 0.1) is 0 Å². The minimum absolute atomic E-state index is 0.144. The Balaban J connectivity index is 1.52. The molecule has 1 aromatic rings. The van der Waals surface area contributed by atoms with E-state index >= 15 is 0 Å². The number of carbonyl (C=O) groups excluding carboxylic acids is 2. The summed E-state index contributed by atoms with van der Waals surface area (Å²) in [7, 11) is 0. The normalized spacial score (nSPS) is 21.5. The molecular weight excluding hydrogens is 472 g/mol. The van der Waals surface area contributed by atoms with Gasteiger partial charge >= 0.3 is 5.97 Å². The van der Waals surface area contributed by atoms with Gasteiger partial charge in [-0.25, -0.2) is 0 Å². The number of pyridine rings is 1. The number of rotatable bonds is 19. The van der Waals surface area contributed by atoms with Gasteiger partial charge in [0.15, 0.2) is 18.5 Å². The van der Waals surface area contributed by atoms with E-state index in [9.17, 15) is 19.8 Å². The standard InChI is InChI=1S/C29H46N2O6/c1-2-3-4-5-6-7-8-9-10-11-12-13-14-15-16-19-25(32)36-22-24-26(33)27(34)29(37-24)31-20-17-18-23(21-31)28(30)35/h9-10,17-18,20-21,24,26-27,29,33-34H,2-8,11-16,19,22H2,1H3,(H-,30,35)/p+1/t24-,26-,27-,29-/m1/s1. The molecule has 0 unspecified atom stereocenters. The molecule has 0 bridgehead atoms. The second-order valence-corrected chi connectivity index (χ2v) is 9.97. The van der Waals surface area contributed by atoms with Crippen molar-refractivity contribution in [1.82, 2.24) is 0 Å². The van der Waals surface area contributed by atoms with Crippen molar-refractivity contribution in [3.05, 3.63) is 42.2 Å². The lowest BCUT2D eigenvalue weighted by atomic mass is 10.1. The number of unbranched alkanes of at least 4 members (excludes halogenated alkanes) is 11. The summed E-state index contributed by atoms with van der Waals surface area (Å²) in [6, 6.07) is 3.15. The van der Waals surface area contributed by atoms with Crippen LogP contribution < -0.4 is 10.3 Å². The lowest BCUT2D eigenvalue weighted by molar-refractivity contribution is -0.765. The Morgan fingerprint density at radius 2 is 1.59 bits per heavy atom. The van der Waals surface area contributed by atoms with Crippen LogP contribution in [0.15, 0.2) is 36.7 Å². The fourth-order valence-corrected chi connectivity index (χ4v) is 4.50. The molecule has 0 aromatic carbocycles. The highest BCUT2D eigenvalue weighted by Gasteiger charge is 2.48. The van der Waals surface area contributed by atoms with Crippen LogP contribution in [-0.2, 0) is 14.3 Å². The molecule has 1 aliphatic rings. The van der Waals surface area contributed by atoms with Gasteiger partial charge in [0.1, 0.15) is 24.4 Å². The van der Waals surface area contributed by atoms with Crippen LogP contribution in [0, 0.1) is 0 Å². The van der Waals surface area contributed by atoms with E-state index in [1.165, 1.54) is 62.1 Å². The topological polar surface area (TPSA) is 123 Å². The average molecular weight is 520 g/mol. The van der Waals surface area contributed by atoms with Crippen molar-refractivity contribution in [3.8, 4) is 0 Å². The summed E-state index contributed by atoms with van der Waals surface area (Å²) in [5, 5.41) is 20.7. The number of allylic oxidation sites excluding steroid dienone is 2. The number of esters is 1. The third-order valence-electron chi connectivity index (χ3n) is 6.79. The molecule has 1 aromatic heterocycles. The molecule has 8 nitrogen and oxygen atoms in total. The summed E-state index contributed by atoms with van der Waals surface area (Å²) in [5.41, 5.74) is 5.55. The highest BCUT2D eigenvalue weighted by Crippen LogP contribution is 2.26. The zero-order valence-corrected chi connectivity index (χ0v) is 22.4. The number of nitrogens with two attached hydrogens (primary N) is 1. The van der Waals surface area contributed by atoms with E-state index < -0.39 is 30.4 Å². The van der Waals surface area contributed by atoms with Gasteiger partial charge in [0, 0.05) is 12.5 Å². The van der Waals surface area contributed by atoms with Gasteiger partial charge in [-0.1, -0.05) is 70.4 Å². The molecule has 0 saturated carbocycles. The number of carbonyl (C=O) groups is 2. The van der Waals surface area contributed by atoms with Gasteiger partial charge in [-0.3, -0.25) is 9.59 Å². The van der Waals surface area contributed by atoms with Crippen LogP contribution in [0.5, 0.6) is 0 Å². The molecule has 8 heteroatoms. The average Bonchev–Trinajstić information content (AvgIpc) is 3.18. The molecule has 4 atom stereocenters. The van der Waals surface area contributed by atoms with E-state index in [1.807, 2.05) is 0 Å². The summed E-state index contributed by atoms with van der Waals surface area (Å²) in [4.78, 5) is 23.5. The van der Waals surface area contributed by atoms with Crippen LogP contribution in [0.1, 0.15) is 113 Å². The van der Waals surface area contributed by atoms with Crippen molar-refractivity contribution < 1.29 is 33.8 Å². The molecule has 2 rings (SSSR count). The number of aromatic nitrogens is 1. The largest absolute Gasteiger partial charge is 0.463 e. The number of aliphatic hydroxyl groups is 2. The molecule has 0 aliphatic carbocycles. The zero-order chi connectivity index (χ0) is 26.9. The quantitative estimate of drug-likeness (QED) is 0.109. The first-order valence-corrected chi connectivity index (χ1v) is 14.1. The molecule has 37 heavy (non-hydrogen) atoms. The SMILES string of the molecule is CCCCCCCCC=CCCCCCCCC(=O)OC[C@H]1O[C@@H]([n+]2cccc(C(N)=O)c2)[C@H](O)[C@@H]1O. The third-order valence-corrected chi connectivity index (χ3v) is 6.79. The third kappa shape index (κ3) is 11.8. The second-order valence-electron chi connectivity index (χ2n) is 9.97. The Morgan fingerprint density at radius 1 is 0.973 bits per heavy atom. The summed E-state index contributed by atoms with van der Waals surface area (Å²) in [6.45, 7) is 2.10. The van der Waals surface area contributed by atoms with Crippen molar-refractivity contribution in [3.63, 3.8) is 0 Å². The minimum Gasteiger partial charge on any atom is -0.463 e. The first-order valence-electron chi connectivity index (χ1n) is 14.1. The number of primary amides is 1. The Bertz CT molecular complexity index is 830. The van der Waals surface area contributed by atoms with Crippen LogP contribution in [0.3, 0.4) is 0 Å². The summed E-state index contributed by atoms with van der Waals surface area (Å²) < 4.78 is 12.5. The van der Waals surface area contributed by atoms with E-state index in [0.717, 1.165) is 32.1 Å². The Labute approximate surface area is 221 Å². The molecule has 1 aliphatic heterocycles. The predicted molar refractivity (Wildman–Crippen MR) is 141 cm³/mol. The summed E-state index contributed by atoms with van der Waals surface area (Å²) in [6.07, 6.45) is 19.3. The summed E-state index contributed by atoms with van der Waals surface area (Å²) in [5.74, 6) is -0.946. The van der Waals surface area contributed by atoms with Crippen LogP contribution in [0.4, 0.5) is 0 Å². The monoisotopic (exact) mass is 519 g/mol. The van der Waals surface area contributed by atoms with Crippen LogP contribution in [-0.4, -0.2) is 47.0 Å². The molecule has 208 valence electrons. The molecule has 1 fully saturated rings. The van der Waals surface area contributed by atoms with Gasteiger partial charge in [-0.15, -0.1) is 0 Å². The van der Waals surface area contributed by atoms with Crippen LogP contribution in [0.25, 0.3) is 0 Å². The second kappa shape index (κ2) is 18.0. The van der Waals surface area contributed by atoms with E-state index in [1.54, 1.807) is 18.3 Å². The smallest absolute Gasteiger partial charge is 0.305 e. The van der Waals surface area contributed by atoms with Gasteiger partial charge in [-0.05, 0) is 38.2 Å². The van der Waals surface area contributed by atoms with Crippen molar-refractivity contribution in [2.24, 2.45) is 5.73 Å². The predicted octanol–water partition coefficient (Wildman–Crippen LogP) is 4.27. The van der Waals surface area contributed by atoms with Gasteiger partial charge < -0.3 is 25.4 Å². The number of amides is 1. The van der Waals surface area contributed by atoms with Gasteiger partial charge in [0.2, 0.25) is 0 Å². The minimum atomic E-state index is -1.23. The van der Waals surface area contributed by atoms with E-state index in [0.29, 0.717) is 6.42 Å². The zero-order valence-electron chi connectivity index (χ0n) is 22.4. The Kier molecular flexibility index (Phi) is 15.1. The maximum atomic E-state index is 12.1. The first kappa shape index (κ1) is 30.9. The molecular formula is C29H47N2O6+. The highest BCUT2D eigenvalue weighted by molar-refractivity contribution is 5.92. The molecule has 0 spiro atoms. The maximum Gasteiger partial charge on any atom is 0.305 e. The number of hydrogen-bond donors (Lipinski definition) is 3. The van der Waals surface area contributed by atoms with E-state index in [4.69, 9.17) is 15.2 Å². The van der Waals surface area contributed by atoms with Crippen molar-refractivity contribution >= 4 is 11.9 Å². The number of aliphatic hydroxyl groups excluding tert-OH is 2. The molecule has 4 N–H and O–H groups in total. The lowest BCUT2D eigenvalue weighted by Crippen LogP contribution is -2.46. The molecule has 0 radical (unpaired) electrons. The van der Waals surface area contributed by atoms with Crippen molar-refractivity contribution in [2.45, 2.75) is 121 Å². The highest BCUT2D eigenvalue weighted by atomic mass is 16.6. The van der Waals surface area contributed by atoms with E-state index in [2.05, 4.69) is 19.1 Å². The fraction of sp³-hybridized carbons (Fsp3) is 0.690. The molecule has 2 heterocycles. The van der Waals surface area contributed by atoms with Crippen molar-refractivity contribution in [2.75, 3.05) is 6.61 Å². The molecule has 1 amide bonds. The fourth-order valence-electron chi connectivity index (χ4n) is 4.50. The summed E-state index contributed by atoms with van der Waals surface area (Å²) >= 11 is 0. The number of hydrogen-bond acceptors (Lipinski definition) is 6. The van der Waals surface area contributed by atoms with E-state index in [-0.39, 0.29) is 18.1 Å². The Hall–Kier alpha value is -2.29. The van der Waals surface area contributed by atoms with Gasteiger partial charge in [0.25, 0.3) is 12.1 Å². The van der Waals surface area contributed by atoms with Crippen LogP contribution >= 0.6 is 0 Å². The van der Waals surface area contributed by atoms with Crippen molar-refractivity contribution in [1.29, 1.82) is 0 Å². The lowest BCUT2D eigenvalue weighted by Gasteiger charge is -2.13.